The molecule has 0 radical (unpaired) electrons. The molecule has 29 heavy (non-hydrogen) atoms. The number of nitro benzene ring substituents is 1. The van der Waals surface area contributed by atoms with E-state index in [4.69, 9.17) is 0 Å². The Balaban J connectivity index is 1.48. The first kappa shape index (κ1) is 20.8. The number of aryl methyl sites for hydroxylation is 1. The number of carbonyl (C=O) groups excluding carboxylic acids is 1. The van der Waals surface area contributed by atoms with E-state index in [9.17, 15) is 14.9 Å². The third kappa shape index (κ3) is 5.54. The van der Waals surface area contributed by atoms with E-state index >= 15 is 0 Å². The SMILES string of the molecule is CC[C@H](NC(=O)CN1CCN(c2ccc([N+](=O)[O-])cc2)CC1)c1ccc(C)cc1. The summed E-state index contributed by atoms with van der Waals surface area (Å²) < 4.78 is 0. The molecular weight excluding hydrogens is 368 g/mol. The Kier molecular flexibility index (Phi) is 6.82. The number of nitrogens with zero attached hydrogens (tertiary/aromatic N) is 3. The number of carbonyl (C=O) groups is 1. The second kappa shape index (κ2) is 9.52. The number of hydrogen-bond acceptors (Lipinski definition) is 5. The van der Waals surface area contributed by atoms with Crippen LogP contribution in [0.2, 0.25) is 0 Å². The molecule has 7 heteroatoms. The summed E-state index contributed by atoms with van der Waals surface area (Å²) in [4.78, 5) is 27.3. The van der Waals surface area contributed by atoms with Crippen LogP contribution in [0.1, 0.15) is 30.5 Å². The van der Waals surface area contributed by atoms with Crippen LogP contribution in [0.15, 0.2) is 48.5 Å². The fourth-order valence-electron chi connectivity index (χ4n) is 3.61. The average molecular weight is 396 g/mol. The highest BCUT2D eigenvalue weighted by atomic mass is 16.6. The zero-order valence-corrected chi connectivity index (χ0v) is 17.0. The maximum atomic E-state index is 12.5. The first-order chi connectivity index (χ1) is 14.0. The van der Waals surface area contributed by atoms with E-state index in [1.54, 1.807) is 12.1 Å². The van der Waals surface area contributed by atoms with Crippen molar-refractivity contribution in [2.24, 2.45) is 0 Å². The van der Waals surface area contributed by atoms with Crippen LogP contribution in [-0.4, -0.2) is 48.5 Å². The Morgan fingerprint density at radius 3 is 2.24 bits per heavy atom. The summed E-state index contributed by atoms with van der Waals surface area (Å²) in [5, 5.41) is 13.9. The molecule has 2 aromatic carbocycles. The summed E-state index contributed by atoms with van der Waals surface area (Å²) in [5.41, 5.74) is 3.42. The third-order valence-electron chi connectivity index (χ3n) is 5.39. The number of rotatable bonds is 7. The van der Waals surface area contributed by atoms with E-state index in [1.165, 1.54) is 17.7 Å². The van der Waals surface area contributed by atoms with E-state index in [1.807, 2.05) is 0 Å². The molecule has 7 nitrogen and oxygen atoms in total. The molecule has 0 unspecified atom stereocenters. The molecule has 2 aromatic rings. The molecule has 0 aliphatic carbocycles. The minimum Gasteiger partial charge on any atom is -0.369 e. The summed E-state index contributed by atoms with van der Waals surface area (Å²) in [6.07, 6.45) is 0.850. The molecule has 1 fully saturated rings. The fraction of sp³-hybridized carbons (Fsp3) is 0.409. The van der Waals surface area contributed by atoms with Crippen molar-refractivity contribution >= 4 is 17.3 Å². The van der Waals surface area contributed by atoms with Crippen molar-refractivity contribution in [3.63, 3.8) is 0 Å². The molecule has 1 amide bonds. The molecular formula is C22H28N4O3. The molecule has 0 bridgehead atoms. The number of nitro groups is 1. The number of anilines is 1. The van der Waals surface area contributed by atoms with Crippen molar-refractivity contribution in [3.05, 3.63) is 69.8 Å². The molecule has 1 atom stereocenters. The van der Waals surface area contributed by atoms with Crippen molar-refractivity contribution < 1.29 is 9.72 Å². The lowest BCUT2D eigenvalue weighted by Gasteiger charge is -2.36. The van der Waals surface area contributed by atoms with Crippen molar-refractivity contribution in [1.29, 1.82) is 0 Å². The molecule has 0 spiro atoms. The molecule has 1 N–H and O–H groups in total. The Bertz CT molecular complexity index is 828. The number of piperazine rings is 1. The van der Waals surface area contributed by atoms with Gasteiger partial charge in [0.15, 0.2) is 0 Å². The van der Waals surface area contributed by atoms with Gasteiger partial charge in [-0.15, -0.1) is 0 Å². The van der Waals surface area contributed by atoms with E-state index in [0.717, 1.165) is 43.9 Å². The topological polar surface area (TPSA) is 78.7 Å². The number of non-ortho nitro benzene ring substituents is 1. The van der Waals surface area contributed by atoms with Gasteiger partial charge in [-0.25, -0.2) is 0 Å². The molecule has 154 valence electrons. The van der Waals surface area contributed by atoms with Gasteiger partial charge in [0.2, 0.25) is 5.91 Å². The zero-order chi connectivity index (χ0) is 20.8. The molecule has 0 saturated carbocycles. The minimum atomic E-state index is -0.388. The molecule has 1 heterocycles. The number of nitrogens with one attached hydrogen (secondary N) is 1. The summed E-state index contributed by atoms with van der Waals surface area (Å²) in [6.45, 7) is 7.67. The predicted molar refractivity (Wildman–Crippen MR) is 114 cm³/mol. The Labute approximate surface area is 171 Å². The summed E-state index contributed by atoms with van der Waals surface area (Å²) >= 11 is 0. The highest BCUT2D eigenvalue weighted by Gasteiger charge is 2.21. The van der Waals surface area contributed by atoms with Gasteiger partial charge in [0.1, 0.15) is 0 Å². The predicted octanol–water partition coefficient (Wildman–Crippen LogP) is 3.29. The molecule has 3 rings (SSSR count). The van der Waals surface area contributed by atoms with Crippen LogP contribution in [0.5, 0.6) is 0 Å². The van der Waals surface area contributed by atoms with Crippen molar-refractivity contribution in [1.82, 2.24) is 10.2 Å². The van der Waals surface area contributed by atoms with Crippen LogP contribution in [-0.2, 0) is 4.79 Å². The van der Waals surface area contributed by atoms with Gasteiger partial charge in [-0.2, -0.15) is 0 Å². The van der Waals surface area contributed by atoms with E-state index in [2.05, 4.69) is 53.2 Å². The van der Waals surface area contributed by atoms with Gasteiger partial charge >= 0.3 is 0 Å². The van der Waals surface area contributed by atoms with Crippen LogP contribution in [0.4, 0.5) is 11.4 Å². The first-order valence-electron chi connectivity index (χ1n) is 10.0. The molecule has 0 aromatic heterocycles. The number of hydrogen-bond donors (Lipinski definition) is 1. The van der Waals surface area contributed by atoms with Crippen LogP contribution in [0.25, 0.3) is 0 Å². The molecule has 1 aliphatic rings. The largest absolute Gasteiger partial charge is 0.369 e. The fourth-order valence-corrected chi connectivity index (χ4v) is 3.61. The van der Waals surface area contributed by atoms with Gasteiger partial charge in [-0.05, 0) is 31.0 Å². The van der Waals surface area contributed by atoms with Crippen LogP contribution in [0.3, 0.4) is 0 Å². The maximum Gasteiger partial charge on any atom is 0.269 e. The summed E-state index contributed by atoms with van der Waals surface area (Å²) in [5.74, 6) is 0.0428. The quantitative estimate of drug-likeness (QED) is 0.574. The summed E-state index contributed by atoms with van der Waals surface area (Å²) in [7, 11) is 0. The van der Waals surface area contributed by atoms with E-state index < -0.39 is 0 Å². The molecule has 1 saturated heterocycles. The average Bonchev–Trinajstić information content (AvgIpc) is 2.73. The van der Waals surface area contributed by atoms with Crippen molar-refractivity contribution in [3.8, 4) is 0 Å². The minimum absolute atomic E-state index is 0.0319. The van der Waals surface area contributed by atoms with Crippen LogP contribution < -0.4 is 10.2 Å². The Morgan fingerprint density at radius 1 is 1.07 bits per heavy atom. The second-order valence-electron chi connectivity index (χ2n) is 7.48. The normalized spacial score (nSPS) is 15.7. The van der Waals surface area contributed by atoms with Crippen LogP contribution >= 0.6 is 0 Å². The van der Waals surface area contributed by atoms with Crippen molar-refractivity contribution in [2.75, 3.05) is 37.6 Å². The molecule has 1 aliphatic heterocycles. The van der Waals surface area contributed by atoms with Gasteiger partial charge < -0.3 is 10.2 Å². The monoisotopic (exact) mass is 396 g/mol. The Hall–Kier alpha value is -2.93. The standard InChI is InChI=1S/C22H28N4O3/c1-3-21(18-6-4-17(2)5-7-18)23-22(27)16-24-12-14-25(15-13-24)19-8-10-20(11-9-19)26(28)29/h4-11,21H,3,12-16H2,1-2H3,(H,23,27)/t21-/m0/s1. The lowest BCUT2D eigenvalue weighted by atomic mass is 10.0. The van der Waals surface area contributed by atoms with E-state index in [-0.39, 0.29) is 22.6 Å². The van der Waals surface area contributed by atoms with Gasteiger partial charge in [-0.3, -0.25) is 19.8 Å². The second-order valence-corrected chi connectivity index (χ2v) is 7.48. The van der Waals surface area contributed by atoms with Gasteiger partial charge in [0.05, 0.1) is 17.5 Å². The van der Waals surface area contributed by atoms with Gasteiger partial charge in [0, 0.05) is 44.0 Å². The smallest absolute Gasteiger partial charge is 0.269 e. The third-order valence-corrected chi connectivity index (χ3v) is 5.39. The zero-order valence-electron chi connectivity index (χ0n) is 17.0. The lowest BCUT2D eigenvalue weighted by molar-refractivity contribution is -0.384. The number of benzene rings is 2. The highest BCUT2D eigenvalue weighted by molar-refractivity contribution is 5.78. The van der Waals surface area contributed by atoms with E-state index in [0.29, 0.717) is 6.54 Å². The van der Waals surface area contributed by atoms with Gasteiger partial charge in [0.25, 0.3) is 5.69 Å². The van der Waals surface area contributed by atoms with Crippen molar-refractivity contribution in [2.45, 2.75) is 26.3 Å². The summed E-state index contributed by atoms with van der Waals surface area (Å²) in [6, 6.07) is 15.0. The Morgan fingerprint density at radius 2 is 1.69 bits per heavy atom. The van der Waals surface area contributed by atoms with Gasteiger partial charge in [-0.1, -0.05) is 36.8 Å². The first-order valence-corrected chi connectivity index (χ1v) is 10.0. The number of amides is 1. The van der Waals surface area contributed by atoms with Crippen LogP contribution in [0, 0.1) is 17.0 Å². The maximum absolute atomic E-state index is 12.5. The lowest BCUT2D eigenvalue weighted by Crippen LogP contribution is -2.49. The highest BCUT2D eigenvalue weighted by Crippen LogP contribution is 2.21.